The standard InChI is InChI=1S/C32H35NO4/c1-23(2)31-30(22-36-27-12-8-11-26(19-27)35-20-25-15-17-34-18-16-25)33-29-14-7-6-13-28(29)32(31)37-21-24-9-4-3-5-10-24/h3-14,19,23,25H,15-18,20-22H2,1-2H3. The monoisotopic (exact) mass is 497 g/mol. The van der Waals surface area contributed by atoms with Crippen LogP contribution in [0.3, 0.4) is 0 Å². The average molecular weight is 498 g/mol. The summed E-state index contributed by atoms with van der Waals surface area (Å²) in [6.45, 7) is 7.56. The van der Waals surface area contributed by atoms with Crippen LogP contribution in [0.15, 0.2) is 78.9 Å². The van der Waals surface area contributed by atoms with Crippen molar-refractivity contribution < 1.29 is 18.9 Å². The van der Waals surface area contributed by atoms with Gasteiger partial charge in [0.25, 0.3) is 0 Å². The molecule has 0 unspecified atom stereocenters. The number of hydrogen-bond donors (Lipinski definition) is 0. The smallest absolute Gasteiger partial charge is 0.134 e. The van der Waals surface area contributed by atoms with Crippen molar-refractivity contribution in [3.63, 3.8) is 0 Å². The molecule has 1 aliphatic heterocycles. The summed E-state index contributed by atoms with van der Waals surface area (Å²) in [6.07, 6.45) is 2.10. The van der Waals surface area contributed by atoms with E-state index in [1.165, 1.54) is 0 Å². The average Bonchev–Trinajstić information content (AvgIpc) is 2.94. The van der Waals surface area contributed by atoms with Crippen LogP contribution in [-0.2, 0) is 18.0 Å². The summed E-state index contributed by atoms with van der Waals surface area (Å²) in [4.78, 5) is 5.00. The Labute approximate surface area is 219 Å². The maximum atomic E-state index is 6.47. The lowest BCUT2D eigenvalue weighted by Gasteiger charge is -2.22. The molecule has 0 radical (unpaired) electrons. The van der Waals surface area contributed by atoms with E-state index < -0.39 is 0 Å². The van der Waals surface area contributed by atoms with E-state index in [0.29, 0.717) is 25.7 Å². The van der Waals surface area contributed by atoms with Gasteiger partial charge >= 0.3 is 0 Å². The second kappa shape index (κ2) is 12.1. The van der Waals surface area contributed by atoms with Gasteiger partial charge < -0.3 is 18.9 Å². The Balaban J connectivity index is 1.36. The maximum Gasteiger partial charge on any atom is 0.134 e. The Hall–Kier alpha value is -3.57. The summed E-state index contributed by atoms with van der Waals surface area (Å²) in [5.74, 6) is 3.24. The lowest BCUT2D eigenvalue weighted by Crippen LogP contribution is -2.21. The molecule has 5 rings (SSSR count). The minimum Gasteiger partial charge on any atom is -0.493 e. The van der Waals surface area contributed by atoms with Gasteiger partial charge in [-0.3, -0.25) is 0 Å². The van der Waals surface area contributed by atoms with Crippen LogP contribution < -0.4 is 14.2 Å². The number of para-hydroxylation sites is 1. The molecule has 0 saturated carbocycles. The number of rotatable bonds is 10. The molecule has 4 aromatic rings. The van der Waals surface area contributed by atoms with E-state index >= 15 is 0 Å². The largest absolute Gasteiger partial charge is 0.493 e. The summed E-state index contributed by atoms with van der Waals surface area (Å²) < 4.78 is 24.3. The van der Waals surface area contributed by atoms with E-state index in [1.807, 2.05) is 60.7 Å². The van der Waals surface area contributed by atoms with E-state index in [0.717, 1.165) is 71.0 Å². The van der Waals surface area contributed by atoms with Crippen LogP contribution in [0.4, 0.5) is 0 Å². The van der Waals surface area contributed by atoms with Gasteiger partial charge in [0.15, 0.2) is 0 Å². The molecule has 0 spiro atoms. The molecule has 1 saturated heterocycles. The maximum absolute atomic E-state index is 6.47. The van der Waals surface area contributed by atoms with Crippen LogP contribution in [0.25, 0.3) is 10.9 Å². The quantitative estimate of drug-likeness (QED) is 0.230. The van der Waals surface area contributed by atoms with Gasteiger partial charge in [-0.25, -0.2) is 4.98 Å². The van der Waals surface area contributed by atoms with Crippen molar-refractivity contribution in [1.29, 1.82) is 0 Å². The molecule has 1 aliphatic rings. The van der Waals surface area contributed by atoms with Gasteiger partial charge in [0, 0.05) is 30.2 Å². The molecule has 5 heteroatoms. The van der Waals surface area contributed by atoms with Crippen LogP contribution in [0.2, 0.25) is 0 Å². The SMILES string of the molecule is CC(C)c1c(COc2cccc(OCC3CCOCC3)c2)nc2ccccc2c1OCc1ccccc1. The molecule has 192 valence electrons. The van der Waals surface area contributed by atoms with Crippen molar-refractivity contribution in [3.8, 4) is 17.2 Å². The van der Waals surface area contributed by atoms with E-state index in [9.17, 15) is 0 Å². The summed E-state index contributed by atoms with van der Waals surface area (Å²) in [5.41, 5.74) is 4.02. The summed E-state index contributed by atoms with van der Waals surface area (Å²) in [5, 5.41) is 1.02. The highest BCUT2D eigenvalue weighted by Crippen LogP contribution is 2.37. The molecule has 5 nitrogen and oxygen atoms in total. The van der Waals surface area contributed by atoms with E-state index in [1.54, 1.807) is 0 Å². The highest BCUT2D eigenvalue weighted by atomic mass is 16.5. The fourth-order valence-electron chi connectivity index (χ4n) is 4.77. The molecule has 37 heavy (non-hydrogen) atoms. The van der Waals surface area contributed by atoms with Crippen LogP contribution in [-0.4, -0.2) is 24.8 Å². The van der Waals surface area contributed by atoms with Crippen molar-refractivity contribution in [2.24, 2.45) is 5.92 Å². The van der Waals surface area contributed by atoms with E-state index in [-0.39, 0.29) is 5.92 Å². The molecular weight excluding hydrogens is 462 g/mol. The predicted molar refractivity (Wildman–Crippen MR) is 146 cm³/mol. The first-order valence-corrected chi connectivity index (χ1v) is 13.2. The Bertz CT molecular complexity index is 1300. The van der Waals surface area contributed by atoms with Gasteiger partial charge in [-0.2, -0.15) is 0 Å². The van der Waals surface area contributed by atoms with E-state index in [2.05, 4.69) is 32.0 Å². The van der Waals surface area contributed by atoms with Crippen LogP contribution in [0, 0.1) is 5.92 Å². The second-order valence-corrected chi connectivity index (χ2v) is 9.88. The number of aromatic nitrogens is 1. The van der Waals surface area contributed by atoms with Crippen LogP contribution >= 0.6 is 0 Å². The van der Waals surface area contributed by atoms with Gasteiger partial charge in [0.1, 0.15) is 30.5 Å². The van der Waals surface area contributed by atoms with Crippen molar-refractivity contribution >= 4 is 10.9 Å². The van der Waals surface area contributed by atoms with Gasteiger partial charge in [-0.05, 0) is 54.5 Å². The topological polar surface area (TPSA) is 49.8 Å². The van der Waals surface area contributed by atoms with Gasteiger partial charge in [0.2, 0.25) is 0 Å². The molecule has 3 aromatic carbocycles. The van der Waals surface area contributed by atoms with E-state index in [4.69, 9.17) is 23.9 Å². The lowest BCUT2D eigenvalue weighted by molar-refractivity contribution is 0.0497. The third-order valence-electron chi connectivity index (χ3n) is 6.77. The number of hydrogen-bond acceptors (Lipinski definition) is 5. The summed E-state index contributed by atoms with van der Waals surface area (Å²) in [6, 6.07) is 26.3. The van der Waals surface area contributed by atoms with Gasteiger partial charge in [-0.15, -0.1) is 0 Å². The minimum absolute atomic E-state index is 0.218. The first kappa shape index (κ1) is 25.1. The zero-order valence-corrected chi connectivity index (χ0v) is 21.7. The number of pyridine rings is 1. The van der Waals surface area contributed by atoms with Crippen molar-refractivity contribution in [1.82, 2.24) is 4.98 Å². The predicted octanol–water partition coefficient (Wildman–Crippen LogP) is 7.32. The molecule has 1 aromatic heterocycles. The third-order valence-corrected chi connectivity index (χ3v) is 6.77. The van der Waals surface area contributed by atoms with Crippen LogP contribution in [0.1, 0.15) is 49.4 Å². The highest BCUT2D eigenvalue weighted by Gasteiger charge is 2.20. The van der Waals surface area contributed by atoms with Crippen molar-refractivity contribution in [3.05, 3.63) is 95.7 Å². The Morgan fingerprint density at radius 1 is 0.811 bits per heavy atom. The lowest BCUT2D eigenvalue weighted by atomic mass is 9.97. The van der Waals surface area contributed by atoms with Crippen LogP contribution in [0.5, 0.6) is 17.2 Å². The number of benzene rings is 3. The molecule has 2 heterocycles. The molecule has 0 aliphatic carbocycles. The highest BCUT2D eigenvalue weighted by molar-refractivity contribution is 5.87. The second-order valence-electron chi connectivity index (χ2n) is 9.88. The zero-order valence-electron chi connectivity index (χ0n) is 21.7. The Morgan fingerprint density at radius 3 is 2.32 bits per heavy atom. The first-order valence-electron chi connectivity index (χ1n) is 13.2. The van der Waals surface area contributed by atoms with Gasteiger partial charge in [-0.1, -0.05) is 62.4 Å². The number of ether oxygens (including phenoxy) is 4. The molecule has 0 bridgehead atoms. The summed E-state index contributed by atoms with van der Waals surface area (Å²) >= 11 is 0. The Morgan fingerprint density at radius 2 is 1.54 bits per heavy atom. The fourth-order valence-corrected chi connectivity index (χ4v) is 4.77. The Kier molecular flexibility index (Phi) is 8.21. The number of fused-ring (bicyclic) bond motifs is 1. The van der Waals surface area contributed by atoms with Gasteiger partial charge in [0.05, 0.1) is 17.8 Å². The fraction of sp³-hybridized carbons (Fsp3) is 0.344. The molecule has 1 fully saturated rings. The summed E-state index contributed by atoms with van der Waals surface area (Å²) in [7, 11) is 0. The third kappa shape index (κ3) is 6.41. The van der Waals surface area contributed by atoms with Crippen molar-refractivity contribution in [2.45, 2.75) is 45.8 Å². The zero-order chi connectivity index (χ0) is 25.5. The molecule has 0 N–H and O–H groups in total. The molecule has 0 atom stereocenters. The number of nitrogens with zero attached hydrogens (tertiary/aromatic N) is 1. The molecule has 0 amide bonds. The molecular formula is C32H35NO4. The normalized spacial score (nSPS) is 14.1. The minimum atomic E-state index is 0.218. The first-order chi connectivity index (χ1) is 18.2. The van der Waals surface area contributed by atoms with Crippen molar-refractivity contribution in [2.75, 3.05) is 19.8 Å².